The van der Waals surface area contributed by atoms with Gasteiger partial charge in [0.25, 0.3) is 5.69 Å². The van der Waals surface area contributed by atoms with Gasteiger partial charge in [-0.05, 0) is 74.8 Å². The van der Waals surface area contributed by atoms with Crippen LogP contribution in [0.4, 0.5) is 5.69 Å². The molecule has 204 valence electrons. The highest BCUT2D eigenvalue weighted by Gasteiger charge is 2.73. The minimum Gasteiger partial charge on any atom is -0.504 e. The maximum atomic E-state index is 13.4. The summed E-state index contributed by atoms with van der Waals surface area (Å²) in [4.78, 5) is 28.5. The zero-order chi connectivity index (χ0) is 27.1. The van der Waals surface area contributed by atoms with E-state index in [9.17, 15) is 25.1 Å². The van der Waals surface area contributed by atoms with E-state index < -0.39 is 22.0 Å². The zero-order valence-electron chi connectivity index (χ0n) is 22.0. The van der Waals surface area contributed by atoms with Crippen LogP contribution in [0.2, 0.25) is 0 Å². The Morgan fingerprint density at radius 1 is 1.23 bits per heavy atom. The van der Waals surface area contributed by atoms with Gasteiger partial charge in [-0.15, -0.1) is 0 Å². The van der Waals surface area contributed by atoms with Gasteiger partial charge in [-0.1, -0.05) is 18.2 Å². The van der Waals surface area contributed by atoms with Crippen LogP contribution in [0.1, 0.15) is 48.8 Å². The highest BCUT2D eigenvalue weighted by molar-refractivity contribution is 5.92. The number of nitro benzene ring substituents is 1. The fraction of sp³-hybridized carbons (Fsp3) is 0.500. The molecule has 3 fully saturated rings. The Labute approximate surface area is 226 Å². The lowest BCUT2D eigenvalue weighted by Gasteiger charge is -2.64. The Kier molecular flexibility index (Phi) is 5.38. The van der Waals surface area contributed by atoms with E-state index in [1.54, 1.807) is 36.2 Å². The van der Waals surface area contributed by atoms with Crippen LogP contribution < -0.4 is 4.74 Å². The molecule has 2 aliphatic heterocycles. The lowest BCUT2D eigenvalue weighted by Crippen LogP contribution is -2.78. The van der Waals surface area contributed by atoms with Crippen molar-refractivity contribution >= 4 is 17.7 Å². The summed E-state index contributed by atoms with van der Waals surface area (Å²) < 4.78 is 6.56. The molecule has 0 unspecified atom stereocenters. The van der Waals surface area contributed by atoms with E-state index in [2.05, 4.69) is 4.90 Å². The molecule has 3 aliphatic carbocycles. The molecular weight excluding hydrogens is 498 g/mol. The van der Waals surface area contributed by atoms with Crippen molar-refractivity contribution in [3.05, 3.63) is 69.3 Å². The van der Waals surface area contributed by atoms with Crippen molar-refractivity contribution < 1.29 is 24.7 Å². The zero-order valence-corrected chi connectivity index (χ0v) is 22.0. The number of carbonyl (C=O) groups excluding carboxylic acids is 1. The van der Waals surface area contributed by atoms with Crippen molar-refractivity contribution in [1.82, 2.24) is 9.80 Å². The van der Waals surface area contributed by atoms with E-state index in [-0.39, 0.29) is 29.4 Å². The predicted octanol–water partition coefficient (Wildman–Crippen LogP) is 3.40. The van der Waals surface area contributed by atoms with Crippen LogP contribution in [0.15, 0.2) is 42.5 Å². The number of likely N-dealkylation sites (tertiary alicyclic amines) is 1. The Morgan fingerprint density at radius 2 is 2.03 bits per heavy atom. The van der Waals surface area contributed by atoms with Crippen LogP contribution in [0.3, 0.4) is 0 Å². The Balaban J connectivity index is 1.24. The minimum atomic E-state index is -1.02. The van der Waals surface area contributed by atoms with Gasteiger partial charge in [0.15, 0.2) is 11.5 Å². The second-order valence-corrected chi connectivity index (χ2v) is 12.0. The predicted molar refractivity (Wildman–Crippen MR) is 143 cm³/mol. The molecule has 5 atom stereocenters. The third-order valence-corrected chi connectivity index (χ3v) is 10.1. The van der Waals surface area contributed by atoms with Crippen LogP contribution in [0, 0.1) is 16.0 Å². The van der Waals surface area contributed by atoms with Gasteiger partial charge in [-0.25, -0.2) is 0 Å². The molecule has 2 N–H and O–H groups in total. The van der Waals surface area contributed by atoms with Crippen LogP contribution in [-0.4, -0.2) is 74.8 Å². The summed E-state index contributed by atoms with van der Waals surface area (Å²) in [5, 5.41) is 34.8. The Bertz CT molecular complexity index is 1410. The molecule has 2 bridgehead atoms. The van der Waals surface area contributed by atoms with Gasteiger partial charge in [-0.3, -0.25) is 19.8 Å². The van der Waals surface area contributed by atoms with Gasteiger partial charge in [-0.2, -0.15) is 0 Å². The number of carbonyl (C=O) groups is 1. The number of aromatic hydroxyl groups is 1. The van der Waals surface area contributed by atoms with E-state index in [0.717, 1.165) is 30.6 Å². The average molecular weight is 532 g/mol. The molecule has 2 aromatic carbocycles. The lowest BCUT2D eigenvalue weighted by atomic mass is 9.48. The molecule has 9 nitrogen and oxygen atoms in total. The summed E-state index contributed by atoms with van der Waals surface area (Å²) in [6.07, 6.45) is 7.36. The summed E-state index contributed by atoms with van der Waals surface area (Å²) in [6.45, 7) is 1.85. The number of ether oxygens (including phenoxy) is 1. The Morgan fingerprint density at radius 3 is 2.79 bits per heavy atom. The molecule has 1 saturated heterocycles. The minimum absolute atomic E-state index is 0.0265. The molecule has 5 aliphatic rings. The van der Waals surface area contributed by atoms with Crippen molar-refractivity contribution in [3.63, 3.8) is 0 Å². The summed E-state index contributed by atoms with van der Waals surface area (Å²) in [7, 11) is 1.73. The maximum Gasteiger partial charge on any atom is 0.276 e. The second kappa shape index (κ2) is 8.53. The van der Waals surface area contributed by atoms with Crippen molar-refractivity contribution in [1.29, 1.82) is 0 Å². The largest absolute Gasteiger partial charge is 0.504 e. The third kappa shape index (κ3) is 3.42. The van der Waals surface area contributed by atoms with Gasteiger partial charge in [0, 0.05) is 37.3 Å². The normalized spacial score (nSPS) is 32.5. The molecule has 2 aromatic rings. The van der Waals surface area contributed by atoms with E-state index in [0.29, 0.717) is 36.5 Å². The molecular formula is C30H33N3O6. The number of aliphatic hydroxyl groups is 1. The standard InChI is InChI=1S/C30H33N3O6/c1-31(25(35)11-9-19-4-2-3-5-21(19)33(37)38)22-12-13-30(36)24-16-20-8-10-23(34)27-26(20)29(30,28(22)39-27)14-15-32(24)17-18-6-7-18/h2-5,8-11,18,22,24,28,34,36H,6-7,12-17H2,1H3/t22-,24+,28-,29-,30+/m0/s1. The molecule has 7 rings (SSSR count). The molecule has 1 spiro atoms. The van der Waals surface area contributed by atoms with Crippen LogP contribution in [-0.2, 0) is 16.6 Å². The quantitative estimate of drug-likeness (QED) is 0.333. The second-order valence-electron chi connectivity index (χ2n) is 12.0. The first kappa shape index (κ1) is 24.6. The van der Waals surface area contributed by atoms with Gasteiger partial charge in [0.2, 0.25) is 5.91 Å². The van der Waals surface area contributed by atoms with Gasteiger partial charge in [0.1, 0.15) is 6.10 Å². The van der Waals surface area contributed by atoms with Gasteiger partial charge < -0.3 is 19.8 Å². The van der Waals surface area contributed by atoms with Crippen molar-refractivity contribution in [2.24, 2.45) is 5.92 Å². The smallest absolute Gasteiger partial charge is 0.276 e. The van der Waals surface area contributed by atoms with E-state index >= 15 is 0 Å². The molecule has 2 heterocycles. The summed E-state index contributed by atoms with van der Waals surface area (Å²) >= 11 is 0. The first-order chi connectivity index (χ1) is 18.7. The number of amides is 1. The lowest BCUT2D eigenvalue weighted by molar-refractivity contribution is -0.385. The average Bonchev–Trinajstić information content (AvgIpc) is 3.67. The van der Waals surface area contributed by atoms with Crippen molar-refractivity contribution in [3.8, 4) is 11.5 Å². The summed E-state index contributed by atoms with van der Waals surface area (Å²) in [6, 6.07) is 9.62. The molecule has 1 amide bonds. The van der Waals surface area contributed by atoms with Crippen molar-refractivity contribution in [2.75, 3.05) is 20.1 Å². The summed E-state index contributed by atoms with van der Waals surface area (Å²) in [5.74, 6) is 0.945. The number of phenols is 1. The monoisotopic (exact) mass is 531 g/mol. The van der Waals surface area contributed by atoms with Gasteiger partial charge in [0.05, 0.1) is 27.5 Å². The molecule has 9 heteroatoms. The topological polar surface area (TPSA) is 116 Å². The number of hydrogen-bond donors (Lipinski definition) is 2. The van der Waals surface area contributed by atoms with Crippen LogP contribution in [0.25, 0.3) is 6.08 Å². The number of nitrogens with zero attached hydrogens (tertiary/aromatic N) is 3. The van der Waals surface area contributed by atoms with Crippen LogP contribution in [0.5, 0.6) is 11.5 Å². The number of nitro groups is 1. The first-order valence-corrected chi connectivity index (χ1v) is 13.9. The van der Waals surface area contributed by atoms with Gasteiger partial charge >= 0.3 is 0 Å². The third-order valence-electron chi connectivity index (χ3n) is 10.1. The fourth-order valence-corrected chi connectivity index (χ4v) is 8.09. The molecule has 0 radical (unpaired) electrons. The number of likely N-dealkylation sites (N-methyl/N-ethyl adjacent to an activating group) is 1. The molecule has 39 heavy (non-hydrogen) atoms. The maximum absolute atomic E-state index is 13.4. The van der Waals surface area contributed by atoms with Crippen molar-refractivity contribution in [2.45, 2.75) is 67.7 Å². The Hall–Kier alpha value is -3.43. The highest BCUT2D eigenvalue weighted by atomic mass is 16.6. The number of benzene rings is 2. The number of piperidine rings is 1. The van der Waals surface area contributed by atoms with E-state index in [4.69, 9.17) is 4.74 Å². The fourth-order valence-electron chi connectivity index (χ4n) is 8.09. The summed E-state index contributed by atoms with van der Waals surface area (Å²) in [5.41, 5.74) is 0.619. The molecule has 0 aromatic heterocycles. The highest BCUT2D eigenvalue weighted by Crippen LogP contribution is 2.66. The number of rotatable bonds is 6. The van der Waals surface area contributed by atoms with E-state index in [1.165, 1.54) is 31.1 Å². The molecule has 2 saturated carbocycles. The number of phenolic OH excluding ortho intramolecular Hbond substituents is 1. The first-order valence-electron chi connectivity index (χ1n) is 13.9. The number of hydrogen-bond acceptors (Lipinski definition) is 7. The van der Waals surface area contributed by atoms with E-state index in [1.807, 2.05) is 6.07 Å². The SMILES string of the molecule is CN(C(=O)C=Cc1ccccc1[N+](=O)[O-])[C@H]1CC[C@@]2(O)[C@H]3Cc4ccc(O)c5c4[C@@]2(CCN3CC2CC2)[C@H]1O5. The van der Waals surface area contributed by atoms with Crippen LogP contribution >= 0.6 is 0 Å². The number of para-hydroxylation sites is 1.